The number of piperidine rings is 1. The van der Waals surface area contributed by atoms with Crippen molar-refractivity contribution in [3.63, 3.8) is 0 Å². The molecule has 1 N–H and O–H groups in total. The lowest BCUT2D eigenvalue weighted by Gasteiger charge is -2.33. The monoisotopic (exact) mass is 360 g/mol. The molecule has 0 bridgehead atoms. The molecule has 26 heavy (non-hydrogen) atoms. The van der Waals surface area contributed by atoms with Gasteiger partial charge >= 0.3 is 0 Å². The van der Waals surface area contributed by atoms with Gasteiger partial charge in [0, 0.05) is 25.7 Å². The van der Waals surface area contributed by atoms with Crippen LogP contribution in [-0.4, -0.2) is 55.2 Å². The van der Waals surface area contributed by atoms with Crippen LogP contribution >= 0.6 is 0 Å². The number of amides is 2. The van der Waals surface area contributed by atoms with E-state index in [-0.39, 0.29) is 30.6 Å². The first-order chi connectivity index (χ1) is 12.5. The number of carbonyl (C=O) groups is 2. The lowest BCUT2D eigenvalue weighted by atomic mass is 10.0. The van der Waals surface area contributed by atoms with Crippen molar-refractivity contribution in [1.29, 1.82) is 0 Å². The van der Waals surface area contributed by atoms with Crippen LogP contribution in [0.25, 0.3) is 0 Å². The molecule has 1 atom stereocenters. The number of nitrogens with zero attached hydrogens (tertiary/aromatic N) is 1. The average molecular weight is 360 g/mol. The van der Waals surface area contributed by atoms with Gasteiger partial charge in [0.25, 0.3) is 11.8 Å². The van der Waals surface area contributed by atoms with Gasteiger partial charge in [0.2, 0.25) is 0 Å². The molecule has 1 unspecified atom stereocenters. The maximum atomic E-state index is 12.3. The Labute approximate surface area is 154 Å². The zero-order chi connectivity index (χ0) is 18.5. The van der Waals surface area contributed by atoms with Gasteiger partial charge in [-0.25, -0.2) is 0 Å². The molecule has 3 rings (SSSR count). The highest BCUT2D eigenvalue weighted by molar-refractivity contribution is 5.81. The minimum atomic E-state index is -0.257. The fourth-order valence-electron chi connectivity index (χ4n) is 3.44. The molecule has 0 saturated carbocycles. The van der Waals surface area contributed by atoms with Gasteiger partial charge in [0.15, 0.2) is 6.61 Å². The average Bonchev–Trinajstić information content (AvgIpc) is 3.17. The smallest absolute Gasteiger partial charge is 0.258 e. The fraction of sp³-hybridized carbons (Fsp3) is 0.600. The molecule has 2 aliphatic heterocycles. The van der Waals surface area contributed by atoms with Gasteiger partial charge in [-0.15, -0.1) is 0 Å². The summed E-state index contributed by atoms with van der Waals surface area (Å²) in [6, 6.07) is 5.91. The predicted molar refractivity (Wildman–Crippen MR) is 98.1 cm³/mol. The molecule has 0 radical (unpaired) electrons. The third-order valence-corrected chi connectivity index (χ3v) is 5.23. The van der Waals surface area contributed by atoms with Crippen molar-refractivity contribution in [2.75, 3.05) is 26.3 Å². The molecule has 0 aliphatic carbocycles. The van der Waals surface area contributed by atoms with Crippen LogP contribution in [0.15, 0.2) is 18.2 Å². The highest BCUT2D eigenvalue weighted by atomic mass is 16.5. The topological polar surface area (TPSA) is 67.9 Å². The maximum Gasteiger partial charge on any atom is 0.258 e. The number of benzene rings is 1. The fourth-order valence-corrected chi connectivity index (χ4v) is 3.44. The first-order valence-corrected chi connectivity index (χ1v) is 9.43. The number of aryl methyl sites for hydroxylation is 2. The Balaban J connectivity index is 1.39. The minimum absolute atomic E-state index is 0.0115. The molecule has 2 heterocycles. The van der Waals surface area contributed by atoms with Crippen LogP contribution in [0.3, 0.4) is 0 Å². The third-order valence-electron chi connectivity index (χ3n) is 5.23. The highest BCUT2D eigenvalue weighted by Crippen LogP contribution is 2.19. The summed E-state index contributed by atoms with van der Waals surface area (Å²) in [5, 5.41) is 3.01. The number of hydrogen-bond acceptors (Lipinski definition) is 4. The van der Waals surface area contributed by atoms with Crippen molar-refractivity contribution in [2.45, 2.75) is 51.7 Å². The van der Waals surface area contributed by atoms with E-state index in [1.165, 1.54) is 5.56 Å². The molecule has 6 nitrogen and oxygen atoms in total. The van der Waals surface area contributed by atoms with Gasteiger partial charge in [-0.05, 0) is 62.8 Å². The van der Waals surface area contributed by atoms with Crippen molar-refractivity contribution in [3.8, 4) is 5.75 Å². The Hall–Kier alpha value is -2.08. The lowest BCUT2D eigenvalue weighted by Crippen LogP contribution is -2.49. The van der Waals surface area contributed by atoms with E-state index < -0.39 is 0 Å². The second-order valence-corrected chi connectivity index (χ2v) is 7.20. The number of nitrogens with one attached hydrogen (secondary N) is 1. The zero-order valence-electron chi connectivity index (χ0n) is 15.6. The zero-order valence-corrected chi connectivity index (χ0v) is 15.6. The molecule has 2 saturated heterocycles. The van der Waals surface area contributed by atoms with Gasteiger partial charge < -0.3 is 19.7 Å². The van der Waals surface area contributed by atoms with Crippen LogP contribution in [0.2, 0.25) is 0 Å². The lowest BCUT2D eigenvalue weighted by molar-refractivity contribution is -0.142. The summed E-state index contributed by atoms with van der Waals surface area (Å²) in [6.45, 7) is 6.10. The Morgan fingerprint density at radius 3 is 2.62 bits per heavy atom. The SMILES string of the molecule is Cc1ccc(OCC(=O)NC2CCN(C(=O)C3CCCO3)CC2)cc1C. The van der Waals surface area contributed by atoms with Gasteiger partial charge in [-0.2, -0.15) is 0 Å². The van der Waals surface area contributed by atoms with E-state index in [9.17, 15) is 9.59 Å². The van der Waals surface area contributed by atoms with E-state index in [2.05, 4.69) is 5.32 Å². The van der Waals surface area contributed by atoms with Gasteiger partial charge in [-0.1, -0.05) is 6.07 Å². The molecule has 1 aromatic carbocycles. The van der Waals surface area contributed by atoms with Crippen molar-refractivity contribution >= 4 is 11.8 Å². The van der Waals surface area contributed by atoms with Crippen LogP contribution in [0, 0.1) is 13.8 Å². The molecule has 6 heteroatoms. The van der Waals surface area contributed by atoms with Gasteiger partial charge in [0.1, 0.15) is 11.9 Å². The van der Waals surface area contributed by atoms with Crippen molar-refractivity contribution < 1.29 is 19.1 Å². The molecule has 2 fully saturated rings. The second-order valence-electron chi connectivity index (χ2n) is 7.20. The van der Waals surface area contributed by atoms with E-state index >= 15 is 0 Å². The Morgan fingerprint density at radius 1 is 1.19 bits per heavy atom. The first-order valence-electron chi connectivity index (χ1n) is 9.43. The van der Waals surface area contributed by atoms with Gasteiger partial charge in [0.05, 0.1) is 0 Å². The largest absolute Gasteiger partial charge is 0.484 e. The minimum Gasteiger partial charge on any atom is -0.484 e. The number of likely N-dealkylation sites (tertiary alicyclic amines) is 1. The molecular weight excluding hydrogens is 332 g/mol. The molecule has 142 valence electrons. The highest BCUT2D eigenvalue weighted by Gasteiger charge is 2.31. The van der Waals surface area contributed by atoms with Crippen LogP contribution < -0.4 is 10.1 Å². The van der Waals surface area contributed by atoms with Crippen LogP contribution in [0.4, 0.5) is 0 Å². The summed E-state index contributed by atoms with van der Waals surface area (Å²) in [5.74, 6) is 0.692. The van der Waals surface area contributed by atoms with Crippen LogP contribution in [0.1, 0.15) is 36.8 Å². The summed E-state index contributed by atoms with van der Waals surface area (Å²) in [7, 11) is 0. The van der Waals surface area contributed by atoms with E-state index in [4.69, 9.17) is 9.47 Å². The Bertz CT molecular complexity index is 647. The van der Waals surface area contributed by atoms with E-state index in [0.29, 0.717) is 25.4 Å². The summed E-state index contributed by atoms with van der Waals surface area (Å²) in [4.78, 5) is 26.3. The van der Waals surface area contributed by atoms with E-state index in [0.717, 1.165) is 31.2 Å². The third kappa shape index (κ3) is 4.75. The summed E-state index contributed by atoms with van der Waals surface area (Å²) < 4.78 is 11.1. The van der Waals surface area contributed by atoms with E-state index in [1.807, 2.05) is 36.9 Å². The Kier molecular flexibility index (Phi) is 6.14. The number of ether oxygens (including phenoxy) is 2. The molecule has 1 aromatic rings. The predicted octanol–water partition coefficient (Wildman–Crippen LogP) is 1.97. The first kappa shape index (κ1) is 18.7. The summed E-state index contributed by atoms with van der Waals surface area (Å²) in [5.41, 5.74) is 2.34. The number of carbonyl (C=O) groups excluding carboxylic acids is 2. The quantitative estimate of drug-likeness (QED) is 0.872. The standard InChI is InChI=1S/C20H28N2O4/c1-14-5-6-17(12-15(14)2)26-13-19(23)21-16-7-9-22(10-8-16)20(24)18-4-3-11-25-18/h5-6,12,16,18H,3-4,7-11,13H2,1-2H3,(H,21,23). The van der Waals surface area contributed by atoms with Crippen molar-refractivity contribution in [2.24, 2.45) is 0 Å². The van der Waals surface area contributed by atoms with Gasteiger partial charge in [-0.3, -0.25) is 9.59 Å². The number of rotatable bonds is 5. The second kappa shape index (κ2) is 8.54. The normalized spacial score (nSPS) is 20.8. The molecule has 2 amide bonds. The molecule has 0 aromatic heterocycles. The molecule has 2 aliphatic rings. The summed E-state index contributed by atoms with van der Waals surface area (Å²) >= 11 is 0. The molecule has 0 spiro atoms. The Morgan fingerprint density at radius 2 is 1.96 bits per heavy atom. The van der Waals surface area contributed by atoms with E-state index in [1.54, 1.807) is 0 Å². The number of hydrogen-bond donors (Lipinski definition) is 1. The summed E-state index contributed by atoms with van der Waals surface area (Å²) in [6.07, 6.45) is 3.07. The van der Waals surface area contributed by atoms with Crippen LogP contribution in [0.5, 0.6) is 5.75 Å². The maximum absolute atomic E-state index is 12.3. The van der Waals surface area contributed by atoms with Crippen LogP contribution in [-0.2, 0) is 14.3 Å². The van der Waals surface area contributed by atoms with Crippen molar-refractivity contribution in [3.05, 3.63) is 29.3 Å². The molecular formula is C20H28N2O4. The van der Waals surface area contributed by atoms with Crippen molar-refractivity contribution in [1.82, 2.24) is 10.2 Å².